The molecule has 3 heteroatoms. The zero-order chi connectivity index (χ0) is 15.1. The molecule has 0 radical (unpaired) electrons. The van der Waals surface area contributed by atoms with Gasteiger partial charge in [0.2, 0.25) is 5.91 Å². The number of piperidine rings is 1. The molecule has 0 unspecified atom stereocenters. The third kappa shape index (κ3) is 2.45. The van der Waals surface area contributed by atoms with Crippen molar-refractivity contribution < 1.29 is 9.18 Å². The van der Waals surface area contributed by atoms with Crippen LogP contribution in [0, 0.1) is 11.7 Å². The summed E-state index contributed by atoms with van der Waals surface area (Å²) in [4.78, 5) is 15.1. The van der Waals surface area contributed by atoms with Crippen molar-refractivity contribution in [2.75, 3.05) is 0 Å². The molecule has 2 bridgehead atoms. The highest BCUT2D eigenvalue weighted by molar-refractivity contribution is 5.80. The zero-order valence-electron chi connectivity index (χ0n) is 13.0. The van der Waals surface area contributed by atoms with Crippen molar-refractivity contribution in [1.29, 1.82) is 0 Å². The van der Waals surface area contributed by atoms with Gasteiger partial charge in [0.1, 0.15) is 5.82 Å². The van der Waals surface area contributed by atoms with Crippen molar-refractivity contribution in [2.24, 2.45) is 5.92 Å². The van der Waals surface area contributed by atoms with Crippen molar-refractivity contribution in [3.63, 3.8) is 0 Å². The van der Waals surface area contributed by atoms with Crippen molar-refractivity contribution in [3.8, 4) is 0 Å². The van der Waals surface area contributed by atoms with Gasteiger partial charge in [-0.25, -0.2) is 4.39 Å². The van der Waals surface area contributed by atoms with E-state index >= 15 is 0 Å². The van der Waals surface area contributed by atoms with Gasteiger partial charge in [-0.05, 0) is 62.1 Å². The minimum absolute atomic E-state index is 0.166. The number of rotatable bonds is 2. The number of amides is 1. The second kappa shape index (κ2) is 5.68. The third-order valence-corrected chi connectivity index (χ3v) is 6.03. The van der Waals surface area contributed by atoms with E-state index < -0.39 is 0 Å². The smallest absolute Gasteiger partial charge is 0.226 e. The average molecular weight is 301 g/mol. The van der Waals surface area contributed by atoms with Crippen LogP contribution in [-0.2, 0) is 4.79 Å². The molecule has 2 atom stereocenters. The van der Waals surface area contributed by atoms with Crippen LogP contribution in [0.5, 0.6) is 0 Å². The molecule has 3 aliphatic rings. The molecule has 0 N–H and O–H groups in total. The lowest BCUT2D eigenvalue weighted by molar-refractivity contribution is -0.140. The van der Waals surface area contributed by atoms with Gasteiger partial charge in [-0.2, -0.15) is 0 Å². The molecule has 2 aliphatic heterocycles. The van der Waals surface area contributed by atoms with E-state index in [0.717, 1.165) is 38.5 Å². The van der Waals surface area contributed by atoms with Crippen LogP contribution in [0.25, 0.3) is 0 Å². The van der Waals surface area contributed by atoms with Crippen LogP contribution in [0.4, 0.5) is 4.39 Å². The van der Waals surface area contributed by atoms with Gasteiger partial charge in [-0.1, -0.05) is 25.0 Å². The van der Waals surface area contributed by atoms with Crippen LogP contribution in [0.15, 0.2) is 24.3 Å². The van der Waals surface area contributed by atoms with Crippen molar-refractivity contribution >= 4 is 5.91 Å². The highest BCUT2D eigenvalue weighted by Gasteiger charge is 2.45. The van der Waals surface area contributed by atoms with Gasteiger partial charge in [-0.3, -0.25) is 4.79 Å². The van der Waals surface area contributed by atoms with E-state index in [4.69, 9.17) is 0 Å². The van der Waals surface area contributed by atoms with Crippen LogP contribution >= 0.6 is 0 Å². The lowest BCUT2D eigenvalue weighted by Crippen LogP contribution is -2.48. The van der Waals surface area contributed by atoms with E-state index in [0.29, 0.717) is 29.8 Å². The van der Waals surface area contributed by atoms with Gasteiger partial charge in [0.25, 0.3) is 0 Å². The molecule has 3 fully saturated rings. The van der Waals surface area contributed by atoms with Crippen molar-refractivity contribution in [3.05, 3.63) is 35.6 Å². The molecule has 2 heterocycles. The molecular formula is C19H24FNO. The molecule has 2 saturated heterocycles. The monoisotopic (exact) mass is 301 g/mol. The van der Waals surface area contributed by atoms with Crippen molar-refractivity contribution in [1.82, 2.24) is 4.90 Å². The van der Waals surface area contributed by atoms with Gasteiger partial charge < -0.3 is 4.90 Å². The fourth-order valence-electron chi connectivity index (χ4n) is 4.93. The Morgan fingerprint density at radius 2 is 1.55 bits per heavy atom. The predicted molar refractivity (Wildman–Crippen MR) is 84.0 cm³/mol. The average Bonchev–Trinajstić information content (AvgIpc) is 3.14. The number of carbonyl (C=O) groups is 1. The minimum atomic E-state index is -0.166. The number of halogens is 1. The Labute approximate surface area is 131 Å². The van der Waals surface area contributed by atoms with E-state index in [2.05, 4.69) is 4.90 Å². The maximum atomic E-state index is 13.1. The third-order valence-electron chi connectivity index (χ3n) is 6.03. The maximum Gasteiger partial charge on any atom is 0.226 e. The van der Waals surface area contributed by atoms with E-state index in [9.17, 15) is 9.18 Å². The molecule has 1 aromatic rings. The van der Waals surface area contributed by atoms with Crippen molar-refractivity contribution in [2.45, 2.75) is 69.4 Å². The largest absolute Gasteiger partial charge is 0.336 e. The first-order chi connectivity index (χ1) is 10.7. The molecular weight excluding hydrogens is 277 g/mol. The normalized spacial score (nSPS) is 31.7. The van der Waals surface area contributed by atoms with Gasteiger partial charge in [-0.15, -0.1) is 0 Å². The van der Waals surface area contributed by atoms with E-state index in [1.807, 2.05) is 12.1 Å². The van der Waals surface area contributed by atoms with Gasteiger partial charge in [0, 0.05) is 18.0 Å². The summed E-state index contributed by atoms with van der Waals surface area (Å²) in [7, 11) is 0. The summed E-state index contributed by atoms with van der Waals surface area (Å²) in [5.41, 5.74) is 1.24. The molecule has 2 nitrogen and oxygen atoms in total. The van der Waals surface area contributed by atoms with Gasteiger partial charge in [0.15, 0.2) is 0 Å². The first-order valence-electron chi connectivity index (χ1n) is 8.80. The summed E-state index contributed by atoms with van der Waals surface area (Å²) < 4.78 is 13.1. The molecule has 118 valence electrons. The molecule has 1 aliphatic carbocycles. The molecule has 1 saturated carbocycles. The number of fused-ring (bicyclic) bond motifs is 2. The maximum absolute atomic E-state index is 13.1. The second-order valence-corrected chi connectivity index (χ2v) is 7.33. The first-order valence-corrected chi connectivity index (χ1v) is 8.80. The van der Waals surface area contributed by atoms with E-state index in [1.54, 1.807) is 12.1 Å². The summed E-state index contributed by atoms with van der Waals surface area (Å²) in [6.07, 6.45) is 9.05. The Balaban J connectivity index is 1.49. The number of carbonyl (C=O) groups excluding carboxylic acids is 1. The van der Waals surface area contributed by atoms with E-state index in [1.165, 1.54) is 18.4 Å². The topological polar surface area (TPSA) is 20.3 Å². The lowest BCUT2D eigenvalue weighted by Gasteiger charge is -2.40. The van der Waals surface area contributed by atoms with Crippen LogP contribution in [0.3, 0.4) is 0 Å². The van der Waals surface area contributed by atoms with Crippen LogP contribution in [0.2, 0.25) is 0 Å². The highest BCUT2D eigenvalue weighted by atomic mass is 19.1. The number of hydrogen-bond acceptors (Lipinski definition) is 1. The van der Waals surface area contributed by atoms with Crippen LogP contribution in [-0.4, -0.2) is 22.9 Å². The Morgan fingerprint density at radius 1 is 0.955 bits per heavy atom. The fraction of sp³-hybridized carbons (Fsp3) is 0.632. The first kappa shape index (κ1) is 14.2. The summed E-state index contributed by atoms with van der Waals surface area (Å²) in [5, 5.41) is 0. The van der Waals surface area contributed by atoms with Crippen LogP contribution in [0.1, 0.15) is 62.8 Å². The standard InChI is InChI=1S/C19H24FNO/c20-16-7-5-13(6-8-16)15-11-17-9-10-18(12-15)21(17)19(22)14-3-1-2-4-14/h5-8,14-15,17-18H,1-4,9-12H2/t17-,18-/m1/s1. The molecule has 1 amide bonds. The molecule has 0 spiro atoms. The number of hydrogen-bond donors (Lipinski definition) is 0. The van der Waals surface area contributed by atoms with Gasteiger partial charge in [0.05, 0.1) is 0 Å². The van der Waals surface area contributed by atoms with Gasteiger partial charge >= 0.3 is 0 Å². The summed E-state index contributed by atoms with van der Waals surface area (Å²) in [6.45, 7) is 0. The SMILES string of the molecule is O=C(C1CCCC1)N1[C@@H]2CC[C@@H]1CC(c1ccc(F)cc1)C2. The predicted octanol–water partition coefficient (Wildman–Crippen LogP) is 4.25. The van der Waals surface area contributed by atoms with Crippen LogP contribution < -0.4 is 0 Å². The second-order valence-electron chi connectivity index (χ2n) is 7.33. The molecule has 1 aromatic carbocycles. The Bertz CT molecular complexity index is 535. The fourth-order valence-corrected chi connectivity index (χ4v) is 4.93. The Kier molecular flexibility index (Phi) is 3.67. The Hall–Kier alpha value is -1.38. The number of benzene rings is 1. The van der Waals surface area contributed by atoms with E-state index in [-0.39, 0.29) is 5.82 Å². The zero-order valence-corrected chi connectivity index (χ0v) is 13.0. The lowest BCUT2D eigenvalue weighted by atomic mass is 9.84. The highest BCUT2D eigenvalue weighted by Crippen LogP contribution is 2.44. The summed E-state index contributed by atoms with van der Waals surface area (Å²) in [5.74, 6) is 1.05. The summed E-state index contributed by atoms with van der Waals surface area (Å²) in [6, 6.07) is 7.81. The summed E-state index contributed by atoms with van der Waals surface area (Å²) >= 11 is 0. The Morgan fingerprint density at radius 3 is 2.14 bits per heavy atom. The minimum Gasteiger partial charge on any atom is -0.336 e. The molecule has 22 heavy (non-hydrogen) atoms. The molecule has 0 aromatic heterocycles. The number of nitrogens with zero attached hydrogens (tertiary/aromatic N) is 1. The molecule has 4 rings (SSSR count). The quantitative estimate of drug-likeness (QED) is 0.799.